The summed E-state index contributed by atoms with van der Waals surface area (Å²) in [5, 5.41) is 4.60. The monoisotopic (exact) mass is 282 g/mol. The van der Waals surface area contributed by atoms with Gasteiger partial charge in [-0.3, -0.25) is 9.59 Å². The number of thiazole rings is 1. The van der Waals surface area contributed by atoms with Crippen molar-refractivity contribution in [2.24, 2.45) is 0 Å². The Morgan fingerprint density at radius 3 is 2.68 bits per heavy atom. The Morgan fingerprint density at radius 1 is 1.42 bits per heavy atom. The molecule has 1 fully saturated rings. The summed E-state index contributed by atoms with van der Waals surface area (Å²) in [5.41, 5.74) is 5.74. The highest BCUT2D eigenvalue weighted by atomic mass is 32.1. The SMILES string of the molecule is CC(NC(=O)c1csc(N)n1)C(=O)N1CCCCC1. The van der Waals surface area contributed by atoms with Crippen molar-refractivity contribution in [3.05, 3.63) is 11.1 Å². The van der Waals surface area contributed by atoms with Crippen LogP contribution in [-0.2, 0) is 4.79 Å². The van der Waals surface area contributed by atoms with Gasteiger partial charge in [-0.2, -0.15) is 0 Å². The summed E-state index contributed by atoms with van der Waals surface area (Å²) in [7, 11) is 0. The molecule has 104 valence electrons. The van der Waals surface area contributed by atoms with Crippen LogP contribution < -0.4 is 11.1 Å². The summed E-state index contributed by atoms with van der Waals surface area (Å²) < 4.78 is 0. The minimum Gasteiger partial charge on any atom is -0.375 e. The molecule has 0 aromatic carbocycles. The second-order valence-corrected chi connectivity index (χ2v) is 5.54. The average Bonchev–Trinajstić information content (AvgIpc) is 2.85. The fourth-order valence-electron chi connectivity index (χ4n) is 2.11. The van der Waals surface area contributed by atoms with Gasteiger partial charge in [-0.05, 0) is 26.2 Å². The highest BCUT2D eigenvalue weighted by Crippen LogP contribution is 2.12. The van der Waals surface area contributed by atoms with E-state index in [4.69, 9.17) is 5.73 Å². The number of amides is 2. The first kappa shape index (κ1) is 13.8. The Hall–Kier alpha value is -1.63. The summed E-state index contributed by atoms with van der Waals surface area (Å²) in [6.45, 7) is 3.26. The van der Waals surface area contributed by atoms with Gasteiger partial charge < -0.3 is 16.0 Å². The first-order chi connectivity index (χ1) is 9.08. The average molecular weight is 282 g/mol. The third-order valence-corrected chi connectivity index (χ3v) is 3.81. The van der Waals surface area contributed by atoms with Crippen LogP contribution >= 0.6 is 11.3 Å². The number of nitrogens with one attached hydrogen (secondary N) is 1. The lowest BCUT2D eigenvalue weighted by Gasteiger charge is -2.29. The van der Waals surface area contributed by atoms with E-state index < -0.39 is 6.04 Å². The molecule has 2 amide bonds. The number of hydrogen-bond donors (Lipinski definition) is 2. The van der Waals surface area contributed by atoms with E-state index in [9.17, 15) is 9.59 Å². The molecule has 19 heavy (non-hydrogen) atoms. The maximum atomic E-state index is 12.1. The number of aromatic nitrogens is 1. The smallest absolute Gasteiger partial charge is 0.271 e. The second kappa shape index (κ2) is 6.01. The zero-order chi connectivity index (χ0) is 13.8. The van der Waals surface area contributed by atoms with Crippen LogP contribution in [-0.4, -0.2) is 40.8 Å². The Balaban J connectivity index is 1.91. The van der Waals surface area contributed by atoms with Gasteiger partial charge in [0.25, 0.3) is 5.91 Å². The van der Waals surface area contributed by atoms with Gasteiger partial charge in [0.05, 0.1) is 0 Å². The third kappa shape index (κ3) is 3.44. The molecule has 0 radical (unpaired) electrons. The lowest BCUT2D eigenvalue weighted by molar-refractivity contribution is -0.133. The molecule has 0 saturated carbocycles. The maximum Gasteiger partial charge on any atom is 0.271 e. The summed E-state index contributed by atoms with van der Waals surface area (Å²) in [5.74, 6) is -0.387. The summed E-state index contributed by atoms with van der Waals surface area (Å²) in [4.78, 5) is 29.7. The number of anilines is 1. The van der Waals surface area contributed by atoms with E-state index in [0.29, 0.717) is 5.13 Å². The Labute approximate surface area is 116 Å². The van der Waals surface area contributed by atoms with Gasteiger partial charge in [0, 0.05) is 18.5 Å². The number of likely N-dealkylation sites (tertiary alicyclic amines) is 1. The van der Waals surface area contributed by atoms with Crippen molar-refractivity contribution in [2.75, 3.05) is 18.8 Å². The number of piperidine rings is 1. The van der Waals surface area contributed by atoms with Crippen LogP contribution in [0.4, 0.5) is 5.13 Å². The zero-order valence-corrected chi connectivity index (χ0v) is 11.7. The number of hydrogen-bond acceptors (Lipinski definition) is 5. The normalized spacial score (nSPS) is 17.0. The van der Waals surface area contributed by atoms with Gasteiger partial charge in [-0.15, -0.1) is 11.3 Å². The summed E-state index contributed by atoms with van der Waals surface area (Å²) in [6, 6.07) is -0.534. The maximum absolute atomic E-state index is 12.1. The summed E-state index contributed by atoms with van der Waals surface area (Å²) >= 11 is 1.21. The number of carbonyl (C=O) groups is 2. The lowest BCUT2D eigenvalue weighted by atomic mass is 10.1. The number of carbonyl (C=O) groups excluding carboxylic acids is 2. The van der Waals surface area contributed by atoms with E-state index in [-0.39, 0.29) is 17.5 Å². The first-order valence-electron chi connectivity index (χ1n) is 6.38. The molecule has 6 nitrogen and oxygen atoms in total. The van der Waals surface area contributed by atoms with Crippen LogP contribution in [0, 0.1) is 0 Å². The first-order valence-corrected chi connectivity index (χ1v) is 7.26. The molecular weight excluding hydrogens is 264 g/mol. The fourth-order valence-corrected chi connectivity index (χ4v) is 2.66. The highest BCUT2D eigenvalue weighted by Gasteiger charge is 2.24. The van der Waals surface area contributed by atoms with E-state index in [1.54, 1.807) is 12.3 Å². The largest absolute Gasteiger partial charge is 0.375 e. The predicted octanol–water partition coefficient (Wildman–Crippen LogP) is 0.856. The molecule has 3 N–H and O–H groups in total. The van der Waals surface area contributed by atoms with Crippen LogP contribution in [0.3, 0.4) is 0 Å². The van der Waals surface area contributed by atoms with Crippen molar-refractivity contribution >= 4 is 28.3 Å². The molecule has 2 rings (SSSR count). The van der Waals surface area contributed by atoms with Gasteiger partial charge >= 0.3 is 0 Å². The van der Waals surface area contributed by atoms with Gasteiger partial charge in [0.15, 0.2) is 5.13 Å². The minimum absolute atomic E-state index is 0.0312. The number of nitrogens with two attached hydrogens (primary N) is 1. The van der Waals surface area contributed by atoms with Crippen molar-refractivity contribution in [3.8, 4) is 0 Å². The molecule has 0 spiro atoms. The van der Waals surface area contributed by atoms with Crippen LogP contribution in [0.2, 0.25) is 0 Å². The predicted molar refractivity (Wildman–Crippen MR) is 73.9 cm³/mol. The molecule has 0 bridgehead atoms. The molecule has 1 aromatic rings. The van der Waals surface area contributed by atoms with E-state index in [1.807, 2.05) is 4.90 Å². The van der Waals surface area contributed by atoms with Crippen molar-refractivity contribution in [2.45, 2.75) is 32.2 Å². The molecule has 1 aliphatic heterocycles. The van der Waals surface area contributed by atoms with E-state index >= 15 is 0 Å². The highest BCUT2D eigenvalue weighted by molar-refractivity contribution is 7.13. The molecule has 1 aromatic heterocycles. The van der Waals surface area contributed by atoms with Gasteiger partial charge in [-0.1, -0.05) is 0 Å². The van der Waals surface area contributed by atoms with Gasteiger partial charge in [-0.25, -0.2) is 4.98 Å². The number of nitrogens with zero attached hydrogens (tertiary/aromatic N) is 2. The van der Waals surface area contributed by atoms with E-state index in [2.05, 4.69) is 10.3 Å². The molecular formula is C12H18N4O2S. The van der Waals surface area contributed by atoms with E-state index in [0.717, 1.165) is 25.9 Å². The Bertz CT molecular complexity index is 468. The Kier molecular flexibility index (Phi) is 4.36. The molecule has 1 unspecified atom stereocenters. The van der Waals surface area contributed by atoms with Crippen molar-refractivity contribution < 1.29 is 9.59 Å². The van der Waals surface area contributed by atoms with Crippen molar-refractivity contribution in [1.29, 1.82) is 0 Å². The number of rotatable bonds is 3. The molecule has 7 heteroatoms. The van der Waals surface area contributed by atoms with Crippen LogP contribution in [0.15, 0.2) is 5.38 Å². The van der Waals surface area contributed by atoms with Crippen molar-refractivity contribution in [1.82, 2.24) is 15.2 Å². The lowest BCUT2D eigenvalue weighted by Crippen LogP contribution is -2.48. The molecule has 2 heterocycles. The van der Waals surface area contributed by atoms with Crippen molar-refractivity contribution in [3.63, 3.8) is 0 Å². The standard InChI is InChI=1S/C12H18N4O2S/c1-8(11(18)16-5-3-2-4-6-16)14-10(17)9-7-19-12(13)15-9/h7-8H,2-6H2,1H3,(H2,13,15)(H,14,17). The molecule has 1 atom stereocenters. The van der Waals surface area contributed by atoms with Crippen LogP contribution in [0.1, 0.15) is 36.7 Å². The topological polar surface area (TPSA) is 88.3 Å². The second-order valence-electron chi connectivity index (χ2n) is 4.65. The molecule has 0 aliphatic carbocycles. The van der Waals surface area contributed by atoms with Gasteiger partial charge in [0.2, 0.25) is 5.91 Å². The minimum atomic E-state index is -0.534. The zero-order valence-electron chi connectivity index (χ0n) is 10.9. The number of nitrogen functional groups attached to an aromatic ring is 1. The molecule has 1 saturated heterocycles. The fraction of sp³-hybridized carbons (Fsp3) is 0.583. The van der Waals surface area contributed by atoms with Gasteiger partial charge in [0.1, 0.15) is 11.7 Å². The Morgan fingerprint density at radius 2 is 2.11 bits per heavy atom. The van der Waals surface area contributed by atoms with Crippen LogP contribution in [0.5, 0.6) is 0 Å². The van der Waals surface area contributed by atoms with Crippen LogP contribution in [0.25, 0.3) is 0 Å². The molecule has 1 aliphatic rings. The quantitative estimate of drug-likeness (QED) is 0.860. The third-order valence-electron chi connectivity index (χ3n) is 3.14. The summed E-state index contributed by atoms with van der Waals surface area (Å²) in [6.07, 6.45) is 3.24. The van der Waals surface area contributed by atoms with E-state index in [1.165, 1.54) is 17.8 Å².